The maximum atomic E-state index is 12.7. The highest BCUT2D eigenvalue weighted by atomic mass is 19.3. The van der Waals surface area contributed by atoms with Gasteiger partial charge in [-0.05, 0) is 0 Å². The van der Waals surface area contributed by atoms with Crippen LogP contribution in [0.2, 0.25) is 0 Å². The molecule has 0 radical (unpaired) electrons. The standard InChI is InChI=1S/C7H10F4N2O/c8-6(9)1-2-13(4-6)5(14)7(10,11)3-12/h1-4,12H2. The highest BCUT2D eigenvalue weighted by molar-refractivity contribution is 5.84. The number of hydrogen-bond donors (Lipinski definition) is 1. The van der Waals surface area contributed by atoms with E-state index < -0.39 is 37.3 Å². The Bertz CT molecular complexity index is 244. The topological polar surface area (TPSA) is 46.3 Å². The van der Waals surface area contributed by atoms with Crippen molar-refractivity contribution in [1.29, 1.82) is 0 Å². The summed E-state index contributed by atoms with van der Waals surface area (Å²) in [4.78, 5) is 11.4. The molecule has 1 heterocycles. The molecule has 0 aliphatic carbocycles. The first kappa shape index (κ1) is 11.2. The molecule has 7 heteroatoms. The number of carbonyl (C=O) groups excluding carboxylic acids is 1. The van der Waals surface area contributed by atoms with Gasteiger partial charge in [0.25, 0.3) is 11.8 Å². The largest absolute Gasteiger partial charge is 0.336 e. The lowest BCUT2D eigenvalue weighted by Crippen LogP contribution is -2.47. The first-order valence-corrected chi connectivity index (χ1v) is 4.04. The Balaban J connectivity index is 2.65. The van der Waals surface area contributed by atoms with Crippen molar-refractivity contribution in [2.24, 2.45) is 5.73 Å². The quantitative estimate of drug-likeness (QED) is 0.678. The number of likely N-dealkylation sites (tertiary alicyclic amines) is 1. The fraction of sp³-hybridized carbons (Fsp3) is 0.857. The molecule has 14 heavy (non-hydrogen) atoms. The number of alkyl halides is 4. The van der Waals surface area contributed by atoms with E-state index in [1.807, 2.05) is 0 Å². The molecule has 0 aromatic heterocycles. The van der Waals surface area contributed by atoms with E-state index in [9.17, 15) is 22.4 Å². The average Bonchev–Trinajstić information content (AvgIpc) is 2.44. The van der Waals surface area contributed by atoms with E-state index in [0.29, 0.717) is 4.90 Å². The summed E-state index contributed by atoms with van der Waals surface area (Å²) >= 11 is 0. The van der Waals surface area contributed by atoms with Crippen molar-refractivity contribution in [1.82, 2.24) is 4.90 Å². The normalized spacial score (nSPS) is 21.4. The molecule has 0 spiro atoms. The van der Waals surface area contributed by atoms with Crippen LogP contribution in [-0.2, 0) is 4.79 Å². The molecular formula is C7H10F4N2O. The van der Waals surface area contributed by atoms with Gasteiger partial charge in [0.2, 0.25) is 0 Å². The first-order valence-electron chi connectivity index (χ1n) is 4.04. The predicted octanol–water partition coefficient (Wildman–Crippen LogP) is 0.448. The SMILES string of the molecule is NCC(F)(F)C(=O)N1CCC(F)(F)C1. The third-order valence-corrected chi connectivity index (χ3v) is 2.03. The summed E-state index contributed by atoms with van der Waals surface area (Å²) < 4.78 is 50.5. The fourth-order valence-corrected chi connectivity index (χ4v) is 1.23. The number of amides is 1. The van der Waals surface area contributed by atoms with Crippen LogP contribution in [-0.4, -0.2) is 42.3 Å². The molecule has 3 nitrogen and oxygen atoms in total. The smallest absolute Gasteiger partial charge is 0.331 e. The average molecular weight is 214 g/mol. The monoisotopic (exact) mass is 214 g/mol. The molecule has 1 rings (SSSR count). The highest BCUT2D eigenvalue weighted by Gasteiger charge is 2.47. The molecule has 1 saturated heterocycles. The number of halogens is 4. The lowest BCUT2D eigenvalue weighted by atomic mass is 10.3. The Morgan fingerprint density at radius 3 is 2.43 bits per heavy atom. The summed E-state index contributed by atoms with van der Waals surface area (Å²) in [6.07, 6.45) is -0.570. The third kappa shape index (κ3) is 2.14. The van der Waals surface area contributed by atoms with Gasteiger partial charge in [0.1, 0.15) is 0 Å². The van der Waals surface area contributed by atoms with Crippen LogP contribution in [0.4, 0.5) is 17.6 Å². The van der Waals surface area contributed by atoms with E-state index in [0.717, 1.165) is 0 Å². The van der Waals surface area contributed by atoms with Crippen LogP contribution in [0.5, 0.6) is 0 Å². The van der Waals surface area contributed by atoms with Gasteiger partial charge in [-0.2, -0.15) is 8.78 Å². The second-order valence-corrected chi connectivity index (χ2v) is 3.24. The molecule has 0 aromatic carbocycles. The Labute approximate surface area is 77.8 Å². The summed E-state index contributed by atoms with van der Waals surface area (Å²) in [6, 6.07) is 0. The first-order chi connectivity index (χ1) is 6.28. The summed E-state index contributed by atoms with van der Waals surface area (Å²) in [7, 11) is 0. The Morgan fingerprint density at radius 1 is 1.50 bits per heavy atom. The molecule has 2 N–H and O–H groups in total. The Morgan fingerprint density at radius 2 is 2.07 bits per heavy atom. The molecular weight excluding hydrogens is 204 g/mol. The molecule has 0 bridgehead atoms. The predicted molar refractivity (Wildman–Crippen MR) is 40.1 cm³/mol. The zero-order chi connectivity index (χ0) is 11.0. The molecule has 0 saturated carbocycles. The molecule has 1 fully saturated rings. The number of nitrogens with zero attached hydrogens (tertiary/aromatic N) is 1. The number of hydrogen-bond acceptors (Lipinski definition) is 2. The van der Waals surface area contributed by atoms with Gasteiger partial charge in [-0.15, -0.1) is 0 Å². The minimum absolute atomic E-state index is 0.346. The summed E-state index contributed by atoms with van der Waals surface area (Å²) in [5, 5.41) is 0. The van der Waals surface area contributed by atoms with Crippen LogP contribution < -0.4 is 5.73 Å². The van der Waals surface area contributed by atoms with Gasteiger partial charge in [-0.1, -0.05) is 0 Å². The zero-order valence-corrected chi connectivity index (χ0v) is 7.27. The van der Waals surface area contributed by atoms with Crippen LogP contribution in [0.15, 0.2) is 0 Å². The second-order valence-electron chi connectivity index (χ2n) is 3.24. The maximum absolute atomic E-state index is 12.7. The van der Waals surface area contributed by atoms with E-state index in [2.05, 4.69) is 5.73 Å². The maximum Gasteiger partial charge on any atom is 0.336 e. The van der Waals surface area contributed by atoms with Crippen molar-refractivity contribution in [3.8, 4) is 0 Å². The van der Waals surface area contributed by atoms with Gasteiger partial charge in [0.15, 0.2) is 0 Å². The van der Waals surface area contributed by atoms with Crippen molar-refractivity contribution in [2.75, 3.05) is 19.6 Å². The van der Waals surface area contributed by atoms with Crippen LogP contribution >= 0.6 is 0 Å². The van der Waals surface area contributed by atoms with Gasteiger partial charge in [-0.3, -0.25) is 4.79 Å². The van der Waals surface area contributed by atoms with E-state index in [-0.39, 0.29) is 6.54 Å². The lowest BCUT2D eigenvalue weighted by Gasteiger charge is -2.21. The second kappa shape index (κ2) is 3.38. The van der Waals surface area contributed by atoms with Gasteiger partial charge >= 0.3 is 5.92 Å². The van der Waals surface area contributed by atoms with Gasteiger partial charge in [0, 0.05) is 13.0 Å². The van der Waals surface area contributed by atoms with E-state index in [1.54, 1.807) is 0 Å². The Kier molecular flexibility index (Phi) is 2.71. The number of rotatable bonds is 2. The van der Waals surface area contributed by atoms with E-state index >= 15 is 0 Å². The molecule has 0 atom stereocenters. The van der Waals surface area contributed by atoms with Gasteiger partial charge in [-0.25, -0.2) is 8.78 Å². The lowest BCUT2D eigenvalue weighted by molar-refractivity contribution is -0.156. The summed E-state index contributed by atoms with van der Waals surface area (Å²) in [5.74, 6) is -8.40. The highest BCUT2D eigenvalue weighted by Crippen LogP contribution is 2.29. The van der Waals surface area contributed by atoms with Crippen molar-refractivity contribution >= 4 is 5.91 Å². The molecule has 82 valence electrons. The number of nitrogens with two attached hydrogens (primary N) is 1. The number of carbonyl (C=O) groups is 1. The van der Waals surface area contributed by atoms with E-state index in [1.165, 1.54) is 0 Å². The van der Waals surface area contributed by atoms with Crippen molar-refractivity contribution in [3.05, 3.63) is 0 Å². The summed E-state index contributed by atoms with van der Waals surface area (Å²) in [6.45, 7) is -2.45. The van der Waals surface area contributed by atoms with Crippen LogP contribution in [0.1, 0.15) is 6.42 Å². The van der Waals surface area contributed by atoms with Gasteiger partial charge < -0.3 is 10.6 Å². The molecule has 1 aliphatic heterocycles. The fourth-order valence-electron chi connectivity index (χ4n) is 1.23. The summed E-state index contributed by atoms with van der Waals surface area (Å²) in [5.41, 5.74) is 4.66. The Hall–Kier alpha value is -0.850. The van der Waals surface area contributed by atoms with Crippen LogP contribution in [0.3, 0.4) is 0 Å². The van der Waals surface area contributed by atoms with Crippen LogP contribution in [0, 0.1) is 0 Å². The molecule has 1 aliphatic rings. The van der Waals surface area contributed by atoms with Crippen LogP contribution in [0.25, 0.3) is 0 Å². The minimum Gasteiger partial charge on any atom is -0.331 e. The molecule has 0 unspecified atom stereocenters. The van der Waals surface area contributed by atoms with Gasteiger partial charge in [0.05, 0.1) is 13.1 Å². The molecule has 1 amide bonds. The minimum atomic E-state index is -3.74. The van der Waals surface area contributed by atoms with Crippen molar-refractivity contribution in [3.63, 3.8) is 0 Å². The zero-order valence-electron chi connectivity index (χ0n) is 7.27. The van der Waals surface area contributed by atoms with Crippen molar-refractivity contribution in [2.45, 2.75) is 18.3 Å². The van der Waals surface area contributed by atoms with E-state index in [4.69, 9.17) is 0 Å². The molecule has 0 aromatic rings. The van der Waals surface area contributed by atoms with Crippen molar-refractivity contribution < 1.29 is 22.4 Å². The third-order valence-electron chi connectivity index (χ3n) is 2.03.